The van der Waals surface area contributed by atoms with Crippen LogP contribution in [0.1, 0.15) is 24.8 Å². The molecule has 1 aromatic rings. The third-order valence-corrected chi connectivity index (χ3v) is 4.95. The Bertz CT molecular complexity index is 444. The molecule has 1 aliphatic rings. The minimum atomic E-state index is -0.938. The summed E-state index contributed by atoms with van der Waals surface area (Å²) in [5, 5.41) is 0.609. The lowest BCUT2D eigenvalue weighted by Gasteiger charge is -2.22. The zero-order valence-corrected chi connectivity index (χ0v) is 12.6. The molecule has 0 radical (unpaired) electrons. The first-order valence-corrected chi connectivity index (χ1v) is 8.34. The van der Waals surface area contributed by atoms with Gasteiger partial charge in [-0.15, -0.1) is 0 Å². The van der Waals surface area contributed by atoms with Crippen LogP contribution in [0.25, 0.3) is 0 Å². The summed E-state index contributed by atoms with van der Waals surface area (Å²) in [5.74, 6) is 1.79. The Balaban J connectivity index is 1.91. The molecule has 0 spiro atoms. The molecule has 2 rings (SSSR count). The van der Waals surface area contributed by atoms with Gasteiger partial charge in [-0.25, -0.2) is 0 Å². The van der Waals surface area contributed by atoms with Crippen LogP contribution in [0.3, 0.4) is 0 Å². The molecule has 1 saturated heterocycles. The van der Waals surface area contributed by atoms with Gasteiger partial charge >= 0.3 is 0 Å². The van der Waals surface area contributed by atoms with Crippen molar-refractivity contribution in [2.45, 2.75) is 31.1 Å². The monoisotopic (exact) mass is 302 g/mol. The lowest BCUT2D eigenvalue weighted by Crippen LogP contribution is -2.25. The van der Waals surface area contributed by atoms with E-state index in [0.717, 1.165) is 30.8 Å². The minimum absolute atomic E-state index is 0.145. The van der Waals surface area contributed by atoms with Gasteiger partial charge in [-0.05, 0) is 37.0 Å². The first-order valence-electron chi connectivity index (χ1n) is 6.48. The summed E-state index contributed by atoms with van der Waals surface area (Å²) in [4.78, 5) is 0. The van der Waals surface area contributed by atoms with Gasteiger partial charge in [-0.2, -0.15) is 0 Å². The van der Waals surface area contributed by atoms with Crippen LogP contribution < -0.4 is 4.74 Å². The van der Waals surface area contributed by atoms with Gasteiger partial charge in [0.1, 0.15) is 5.75 Å². The topological polar surface area (TPSA) is 35.5 Å². The van der Waals surface area contributed by atoms with Crippen molar-refractivity contribution in [1.82, 2.24) is 0 Å². The molecule has 0 aliphatic carbocycles. The maximum Gasteiger partial charge on any atom is 0.120 e. The Labute approximate surface area is 121 Å². The first kappa shape index (κ1) is 14.8. The summed E-state index contributed by atoms with van der Waals surface area (Å²) in [5.41, 5.74) is 0.900. The van der Waals surface area contributed by atoms with Gasteiger partial charge in [0.05, 0.1) is 24.7 Å². The first-order chi connectivity index (χ1) is 9.19. The average Bonchev–Trinajstić information content (AvgIpc) is 2.42. The highest BCUT2D eigenvalue weighted by molar-refractivity contribution is 7.84. The van der Waals surface area contributed by atoms with E-state index in [1.165, 1.54) is 6.42 Å². The van der Waals surface area contributed by atoms with E-state index in [2.05, 4.69) is 0 Å². The third kappa shape index (κ3) is 4.48. The molecule has 0 N–H and O–H groups in total. The van der Waals surface area contributed by atoms with E-state index in [9.17, 15) is 4.21 Å². The number of ether oxygens (including phenoxy) is 2. The van der Waals surface area contributed by atoms with E-state index >= 15 is 0 Å². The van der Waals surface area contributed by atoms with E-state index in [1.54, 1.807) is 13.2 Å². The molecule has 0 bridgehead atoms. The van der Waals surface area contributed by atoms with Gasteiger partial charge < -0.3 is 9.47 Å². The van der Waals surface area contributed by atoms with Crippen LogP contribution in [0.5, 0.6) is 5.75 Å². The van der Waals surface area contributed by atoms with Crippen molar-refractivity contribution < 1.29 is 13.7 Å². The fourth-order valence-corrected chi connectivity index (χ4v) is 3.86. The van der Waals surface area contributed by atoms with E-state index in [-0.39, 0.29) is 6.10 Å². The van der Waals surface area contributed by atoms with Crippen LogP contribution in [0.2, 0.25) is 5.02 Å². The largest absolute Gasteiger partial charge is 0.497 e. The van der Waals surface area contributed by atoms with Gasteiger partial charge in [0.2, 0.25) is 0 Å². The zero-order chi connectivity index (χ0) is 13.7. The summed E-state index contributed by atoms with van der Waals surface area (Å²) >= 11 is 6.15. The van der Waals surface area contributed by atoms with Gasteiger partial charge in [0.25, 0.3) is 0 Å². The molecule has 1 aliphatic heterocycles. The highest BCUT2D eigenvalue weighted by atomic mass is 35.5. The molecule has 1 aromatic carbocycles. The molecule has 0 amide bonds. The summed E-state index contributed by atoms with van der Waals surface area (Å²) in [6.07, 6.45) is 3.45. The van der Waals surface area contributed by atoms with Crippen molar-refractivity contribution in [3.8, 4) is 5.75 Å². The summed E-state index contributed by atoms with van der Waals surface area (Å²) < 4.78 is 22.8. The molecule has 1 fully saturated rings. The SMILES string of the molecule is COc1ccc(C[S@](=O)C[C@@H]2CCCCO2)c(Cl)c1. The quantitative estimate of drug-likeness (QED) is 0.838. The number of hydrogen-bond acceptors (Lipinski definition) is 3. The molecule has 106 valence electrons. The maximum absolute atomic E-state index is 12.1. The van der Waals surface area contributed by atoms with Crippen LogP contribution in [-0.2, 0) is 21.3 Å². The maximum atomic E-state index is 12.1. The standard InChI is InChI=1S/C14H19ClO3S/c1-17-12-6-5-11(14(15)8-12)9-19(16)10-13-4-2-3-7-18-13/h5-6,8,13H,2-4,7,9-10H2,1H3/t13-,19-/m0/s1. The van der Waals surface area contributed by atoms with E-state index < -0.39 is 10.8 Å². The third-order valence-electron chi connectivity index (χ3n) is 3.22. The molecular formula is C14H19ClO3S. The van der Waals surface area contributed by atoms with Gasteiger partial charge in [0.15, 0.2) is 0 Å². The van der Waals surface area contributed by atoms with Crippen LogP contribution in [0.15, 0.2) is 18.2 Å². The predicted octanol–water partition coefficient (Wildman–Crippen LogP) is 3.17. The second-order valence-corrected chi connectivity index (χ2v) is 6.61. The van der Waals surface area contributed by atoms with Crippen molar-refractivity contribution in [2.75, 3.05) is 19.5 Å². The Kier molecular flexibility index (Phi) is 5.67. The van der Waals surface area contributed by atoms with Crippen molar-refractivity contribution in [1.29, 1.82) is 0 Å². The van der Waals surface area contributed by atoms with Crippen molar-refractivity contribution in [3.05, 3.63) is 28.8 Å². The van der Waals surface area contributed by atoms with Gasteiger partial charge in [0, 0.05) is 22.4 Å². The molecule has 3 nitrogen and oxygen atoms in total. The molecule has 0 unspecified atom stereocenters. The number of rotatable bonds is 5. The lowest BCUT2D eigenvalue weighted by molar-refractivity contribution is 0.0310. The molecule has 1 heterocycles. The fourth-order valence-electron chi connectivity index (χ4n) is 2.15. The summed E-state index contributed by atoms with van der Waals surface area (Å²) in [6, 6.07) is 5.47. The van der Waals surface area contributed by atoms with Crippen molar-refractivity contribution in [3.63, 3.8) is 0 Å². The van der Waals surface area contributed by atoms with Gasteiger partial charge in [-0.3, -0.25) is 4.21 Å². The van der Waals surface area contributed by atoms with Crippen LogP contribution in [0, 0.1) is 0 Å². The highest BCUT2D eigenvalue weighted by Crippen LogP contribution is 2.24. The second kappa shape index (κ2) is 7.27. The molecule has 19 heavy (non-hydrogen) atoms. The molecule has 0 saturated carbocycles. The Morgan fingerprint density at radius 2 is 2.32 bits per heavy atom. The van der Waals surface area contributed by atoms with Crippen LogP contribution in [0.4, 0.5) is 0 Å². The second-order valence-electron chi connectivity index (χ2n) is 4.70. The fraction of sp³-hybridized carbons (Fsp3) is 0.571. The van der Waals surface area contributed by atoms with E-state index in [0.29, 0.717) is 16.5 Å². The van der Waals surface area contributed by atoms with Crippen molar-refractivity contribution >= 4 is 22.4 Å². The Morgan fingerprint density at radius 1 is 1.47 bits per heavy atom. The lowest BCUT2D eigenvalue weighted by atomic mass is 10.1. The van der Waals surface area contributed by atoms with Crippen LogP contribution >= 0.6 is 11.6 Å². The average molecular weight is 303 g/mol. The molecule has 2 atom stereocenters. The molecule has 0 aromatic heterocycles. The number of halogens is 1. The van der Waals surface area contributed by atoms with Crippen LogP contribution in [-0.4, -0.2) is 29.8 Å². The van der Waals surface area contributed by atoms with Gasteiger partial charge in [-0.1, -0.05) is 17.7 Å². The molecular weight excluding hydrogens is 284 g/mol. The Morgan fingerprint density at radius 3 is 2.95 bits per heavy atom. The highest BCUT2D eigenvalue weighted by Gasteiger charge is 2.17. The summed E-state index contributed by atoms with van der Waals surface area (Å²) in [7, 11) is 0.663. The summed E-state index contributed by atoms with van der Waals surface area (Å²) in [6.45, 7) is 0.797. The predicted molar refractivity (Wildman–Crippen MR) is 78.3 cm³/mol. The number of benzene rings is 1. The number of hydrogen-bond donors (Lipinski definition) is 0. The van der Waals surface area contributed by atoms with Crippen molar-refractivity contribution in [2.24, 2.45) is 0 Å². The van der Waals surface area contributed by atoms with E-state index in [1.807, 2.05) is 12.1 Å². The normalized spacial score (nSPS) is 21.1. The smallest absolute Gasteiger partial charge is 0.120 e. The Hall–Kier alpha value is -0.580. The zero-order valence-electron chi connectivity index (χ0n) is 11.1. The molecule has 5 heteroatoms. The van der Waals surface area contributed by atoms with E-state index in [4.69, 9.17) is 21.1 Å². The minimum Gasteiger partial charge on any atom is -0.497 e. The number of methoxy groups -OCH3 is 1.